The van der Waals surface area contributed by atoms with E-state index >= 15 is 0 Å². The summed E-state index contributed by atoms with van der Waals surface area (Å²) in [5, 5.41) is 8.92. The van der Waals surface area contributed by atoms with Crippen LogP contribution in [0.15, 0.2) is 11.4 Å². The Kier molecular flexibility index (Phi) is 5.30. The Labute approximate surface area is 109 Å². The molecule has 18 heavy (non-hydrogen) atoms. The summed E-state index contributed by atoms with van der Waals surface area (Å²) in [6.45, 7) is 0.241. The first-order chi connectivity index (χ1) is 8.42. The number of carbonyl (C=O) groups excluding carboxylic acids is 1. The van der Waals surface area contributed by atoms with Gasteiger partial charge in [0.25, 0.3) is 5.91 Å². The normalized spacial score (nSPS) is 10.6. The van der Waals surface area contributed by atoms with E-state index in [9.17, 15) is 13.2 Å². The Morgan fingerprint density at radius 3 is 2.83 bits per heavy atom. The van der Waals surface area contributed by atoms with Gasteiger partial charge in [0.1, 0.15) is 0 Å². The second-order valence-electron chi connectivity index (χ2n) is 3.33. The minimum absolute atomic E-state index is 0.0165. The lowest BCUT2D eigenvalue weighted by Crippen LogP contribution is -2.31. The van der Waals surface area contributed by atoms with Crippen molar-refractivity contribution in [2.75, 3.05) is 18.8 Å². The SMILES string of the molecule is NCC#Cc1cc(C(=O)NCCS(N)(=O)=O)cs1. The Balaban J connectivity index is 2.54. The van der Waals surface area contributed by atoms with Gasteiger partial charge in [-0.2, -0.15) is 0 Å². The third-order valence-electron chi connectivity index (χ3n) is 1.85. The number of sulfonamides is 1. The molecule has 1 rings (SSSR count). The van der Waals surface area contributed by atoms with E-state index in [4.69, 9.17) is 10.9 Å². The molecule has 0 atom stereocenters. The fourth-order valence-electron chi connectivity index (χ4n) is 1.07. The average molecular weight is 287 g/mol. The molecule has 0 saturated heterocycles. The smallest absolute Gasteiger partial charge is 0.252 e. The number of hydrogen-bond donors (Lipinski definition) is 3. The van der Waals surface area contributed by atoms with Crippen molar-refractivity contribution < 1.29 is 13.2 Å². The lowest BCUT2D eigenvalue weighted by Gasteiger charge is -2.01. The first-order valence-electron chi connectivity index (χ1n) is 4.98. The van der Waals surface area contributed by atoms with Crippen LogP contribution in [0.3, 0.4) is 0 Å². The maximum atomic E-state index is 11.6. The van der Waals surface area contributed by atoms with Gasteiger partial charge in [0.2, 0.25) is 10.0 Å². The van der Waals surface area contributed by atoms with Crippen LogP contribution in [0.5, 0.6) is 0 Å². The monoisotopic (exact) mass is 287 g/mol. The van der Waals surface area contributed by atoms with Crippen LogP contribution in [0, 0.1) is 11.8 Å². The van der Waals surface area contributed by atoms with Gasteiger partial charge in [-0.15, -0.1) is 11.3 Å². The summed E-state index contributed by atoms with van der Waals surface area (Å²) in [7, 11) is -3.56. The molecule has 8 heteroatoms. The van der Waals surface area contributed by atoms with Gasteiger partial charge in [-0.1, -0.05) is 11.8 Å². The third-order valence-corrected chi connectivity index (χ3v) is 3.47. The molecule has 98 valence electrons. The van der Waals surface area contributed by atoms with Crippen LogP contribution in [0.2, 0.25) is 0 Å². The fourth-order valence-corrected chi connectivity index (χ4v) is 2.21. The van der Waals surface area contributed by atoms with E-state index in [1.165, 1.54) is 11.3 Å². The highest BCUT2D eigenvalue weighted by Crippen LogP contribution is 2.13. The number of primary sulfonamides is 1. The van der Waals surface area contributed by atoms with Crippen molar-refractivity contribution in [1.29, 1.82) is 0 Å². The van der Waals surface area contributed by atoms with Crippen molar-refractivity contribution >= 4 is 27.3 Å². The summed E-state index contributed by atoms with van der Waals surface area (Å²) in [6, 6.07) is 1.62. The molecule has 0 bridgehead atoms. The first kappa shape index (κ1) is 14.7. The molecule has 0 saturated carbocycles. The lowest BCUT2D eigenvalue weighted by atomic mass is 10.3. The molecule has 0 aliphatic heterocycles. The van der Waals surface area contributed by atoms with Crippen molar-refractivity contribution in [2.45, 2.75) is 0 Å². The van der Waals surface area contributed by atoms with Crippen molar-refractivity contribution in [2.24, 2.45) is 10.9 Å². The third kappa shape index (κ3) is 5.29. The molecule has 0 aliphatic carbocycles. The van der Waals surface area contributed by atoms with E-state index in [0.29, 0.717) is 5.56 Å². The Hall–Kier alpha value is -1.40. The van der Waals surface area contributed by atoms with E-state index in [2.05, 4.69) is 17.2 Å². The lowest BCUT2D eigenvalue weighted by molar-refractivity contribution is 0.0956. The van der Waals surface area contributed by atoms with E-state index in [1.54, 1.807) is 11.4 Å². The van der Waals surface area contributed by atoms with E-state index < -0.39 is 10.0 Å². The molecule has 0 spiro atoms. The van der Waals surface area contributed by atoms with E-state index in [-0.39, 0.29) is 24.7 Å². The summed E-state index contributed by atoms with van der Waals surface area (Å²) in [5.74, 6) is 4.85. The van der Waals surface area contributed by atoms with Gasteiger partial charge < -0.3 is 11.1 Å². The van der Waals surface area contributed by atoms with Gasteiger partial charge in [0, 0.05) is 11.9 Å². The highest BCUT2D eigenvalue weighted by Gasteiger charge is 2.09. The van der Waals surface area contributed by atoms with Crippen molar-refractivity contribution in [3.63, 3.8) is 0 Å². The van der Waals surface area contributed by atoms with Crippen LogP contribution in [0.4, 0.5) is 0 Å². The van der Waals surface area contributed by atoms with E-state index in [1.807, 2.05) is 0 Å². The van der Waals surface area contributed by atoms with Crippen molar-refractivity contribution in [1.82, 2.24) is 5.32 Å². The standard InChI is InChI=1S/C10H13N3O3S2/c11-3-1-2-9-6-8(7-17-9)10(14)13-4-5-18(12,15)16/h6-7H,3-5,11H2,(H,13,14)(H2,12,15,16). The molecule has 0 aliphatic rings. The van der Waals surface area contributed by atoms with Crippen LogP contribution in [0.25, 0.3) is 0 Å². The van der Waals surface area contributed by atoms with Gasteiger partial charge in [-0.25, -0.2) is 13.6 Å². The molecule has 0 fully saturated rings. The minimum atomic E-state index is -3.56. The Morgan fingerprint density at radius 2 is 2.22 bits per heavy atom. The first-order valence-corrected chi connectivity index (χ1v) is 7.58. The summed E-state index contributed by atoms with van der Waals surface area (Å²) in [6.07, 6.45) is 0. The number of nitrogens with two attached hydrogens (primary N) is 2. The van der Waals surface area contributed by atoms with Crippen LogP contribution in [-0.2, 0) is 10.0 Å². The molecule has 1 aromatic rings. The summed E-state index contributed by atoms with van der Waals surface area (Å²) >= 11 is 1.32. The zero-order valence-electron chi connectivity index (χ0n) is 9.47. The van der Waals surface area contributed by atoms with Gasteiger partial charge >= 0.3 is 0 Å². The molecule has 0 radical (unpaired) electrons. The maximum Gasteiger partial charge on any atom is 0.252 e. The zero-order valence-corrected chi connectivity index (χ0v) is 11.1. The number of carbonyl (C=O) groups is 1. The molecule has 6 nitrogen and oxygen atoms in total. The molecular weight excluding hydrogens is 274 g/mol. The van der Waals surface area contributed by atoms with Gasteiger partial charge in [0.15, 0.2) is 0 Å². The summed E-state index contributed by atoms with van der Waals surface area (Å²) in [5.41, 5.74) is 5.67. The predicted octanol–water partition coefficient (Wildman–Crippen LogP) is -0.923. The van der Waals surface area contributed by atoms with Crippen LogP contribution in [0.1, 0.15) is 15.2 Å². The van der Waals surface area contributed by atoms with Crippen LogP contribution >= 0.6 is 11.3 Å². The quantitative estimate of drug-likeness (QED) is 0.621. The summed E-state index contributed by atoms with van der Waals surface area (Å²) in [4.78, 5) is 12.3. The maximum absolute atomic E-state index is 11.6. The largest absolute Gasteiger partial charge is 0.351 e. The molecule has 0 unspecified atom stereocenters. The number of hydrogen-bond acceptors (Lipinski definition) is 5. The molecule has 1 aromatic heterocycles. The predicted molar refractivity (Wildman–Crippen MR) is 70.6 cm³/mol. The number of nitrogens with one attached hydrogen (secondary N) is 1. The molecule has 1 amide bonds. The van der Waals surface area contributed by atoms with Crippen molar-refractivity contribution in [3.8, 4) is 11.8 Å². The number of thiophene rings is 1. The van der Waals surface area contributed by atoms with Gasteiger partial charge in [-0.05, 0) is 6.07 Å². The Bertz CT molecular complexity index is 581. The number of rotatable bonds is 4. The van der Waals surface area contributed by atoms with E-state index in [0.717, 1.165) is 4.88 Å². The van der Waals surface area contributed by atoms with Gasteiger partial charge in [-0.3, -0.25) is 4.79 Å². The van der Waals surface area contributed by atoms with Crippen LogP contribution in [-0.4, -0.2) is 33.2 Å². The minimum Gasteiger partial charge on any atom is -0.351 e. The topological polar surface area (TPSA) is 115 Å². The zero-order chi connectivity index (χ0) is 13.6. The highest BCUT2D eigenvalue weighted by molar-refractivity contribution is 7.89. The van der Waals surface area contributed by atoms with Gasteiger partial charge in [0.05, 0.1) is 22.7 Å². The molecular formula is C10H13N3O3S2. The molecule has 0 aromatic carbocycles. The molecule has 5 N–H and O–H groups in total. The number of amides is 1. The summed E-state index contributed by atoms with van der Waals surface area (Å²) < 4.78 is 21.3. The van der Waals surface area contributed by atoms with Crippen molar-refractivity contribution in [3.05, 3.63) is 21.9 Å². The Morgan fingerprint density at radius 1 is 1.50 bits per heavy atom. The highest BCUT2D eigenvalue weighted by atomic mass is 32.2. The van der Waals surface area contributed by atoms with Crippen LogP contribution < -0.4 is 16.2 Å². The average Bonchev–Trinajstić information content (AvgIpc) is 2.73. The second kappa shape index (κ2) is 6.51. The second-order valence-corrected chi connectivity index (χ2v) is 5.97. The fraction of sp³-hybridized carbons (Fsp3) is 0.300. The molecule has 1 heterocycles.